The first-order chi connectivity index (χ1) is 7.93. The summed E-state index contributed by atoms with van der Waals surface area (Å²) in [4.78, 5) is 24.6. The van der Waals surface area contributed by atoms with Gasteiger partial charge in [-0.05, 0) is 13.1 Å². The van der Waals surface area contributed by atoms with E-state index >= 15 is 0 Å². The second kappa shape index (κ2) is 8.06. The number of hydrogen-bond donors (Lipinski definition) is 2. The van der Waals surface area contributed by atoms with E-state index in [4.69, 9.17) is 5.11 Å². The lowest BCUT2D eigenvalue weighted by Gasteiger charge is -2.20. The molecule has 2 unspecified atom stereocenters. The Labute approximate surface area is 103 Å². The molecule has 0 radical (unpaired) electrons. The zero-order valence-corrected chi connectivity index (χ0v) is 11.2. The Bertz CT molecular complexity index is 252. The Morgan fingerprint density at radius 1 is 1.18 bits per heavy atom. The van der Waals surface area contributed by atoms with Crippen LogP contribution >= 0.6 is 0 Å². The summed E-state index contributed by atoms with van der Waals surface area (Å²) in [6, 6.07) is 0. The number of aliphatic carboxylic acids is 1. The lowest BCUT2D eigenvalue weighted by atomic mass is 9.95. The average molecular weight is 244 g/mol. The Morgan fingerprint density at radius 3 is 2.12 bits per heavy atom. The molecule has 0 aliphatic carbocycles. The molecule has 2 N–H and O–H groups in total. The topological polar surface area (TPSA) is 69.6 Å². The van der Waals surface area contributed by atoms with Crippen LogP contribution in [0.15, 0.2) is 0 Å². The smallest absolute Gasteiger partial charge is 0.307 e. The number of carbonyl (C=O) groups is 2. The SMILES string of the molecule is CCN(CC)CCNC(=O)C(C)C(C)C(=O)O. The fraction of sp³-hybridized carbons (Fsp3) is 0.833. The predicted molar refractivity (Wildman–Crippen MR) is 66.8 cm³/mol. The van der Waals surface area contributed by atoms with E-state index in [-0.39, 0.29) is 5.91 Å². The van der Waals surface area contributed by atoms with Gasteiger partial charge in [-0.3, -0.25) is 9.59 Å². The number of carboxylic acid groups (broad SMARTS) is 1. The Hall–Kier alpha value is -1.10. The van der Waals surface area contributed by atoms with E-state index < -0.39 is 17.8 Å². The molecule has 17 heavy (non-hydrogen) atoms. The third-order valence-electron chi connectivity index (χ3n) is 3.17. The second-order valence-electron chi connectivity index (χ2n) is 4.23. The van der Waals surface area contributed by atoms with Gasteiger partial charge in [0.05, 0.1) is 5.92 Å². The highest BCUT2D eigenvalue weighted by Crippen LogP contribution is 2.10. The highest BCUT2D eigenvalue weighted by atomic mass is 16.4. The van der Waals surface area contributed by atoms with E-state index in [1.165, 1.54) is 0 Å². The Balaban J connectivity index is 3.97. The number of carboxylic acids is 1. The van der Waals surface area contributed by atoms with Gasteiger partial charge in [-0.1, -0.05) is 27.7 Å². The lowest BCUT2D eigenvalue weighted by molar-refractivity contribution is -0.146. The highest BCUT2D eigenvalue weighted by molar-refractivity contribution is 5.84. The van der Waals surface area contributed by atoms with Crippen molar-refractivity contribution >= 4 is 11.9 Å². The van der Waals surface area contributed by atoms with Crippen molar-refractivity contribution < 1.29 is 14.7 Å². The summed E-state index contributed by atoms with van der Waals surface area (Å²) < 4.78 is 0. The molecule has 0 rings (SSSR count). The van der Waals surface area contributed by atoms with Crippen molar-refractivity contribution in [2.45, 2.75) is 27.7 Å². The minimum absolute atomic E-state index is 0.188. The van der Waals surface area contributed by atoms with Gasteiger partial charge in [-0.25, -0.2) is 0 Å². The van der Waals surface area contributed by atoms with Crippen LogP contribution in [-0.4, -0.2) is 48.1 Å². The molecule has 100 valence electrons. The predicted octanol–water partition coefficient (Wildman–Crippen LogP) is 0.801. The van der Waals surface area contributed by atoms with E-state index in [9.17, 15) is 9.59 Å². The van der Waals surface area contributed by atoms with Gasteiger partial charge in [-0.2, -0.15) is 0 Å². The van der Waals surface area contributed by atoms with Crippen LogP contribution < -0.4 is 5.32 Å². The van der Waals surface area contributed by atoms with Gasteiger partial charge in [0.1, 0.15) is 0 Å². The molecule has 0 fully saturated rings. The van der Waals surface area contributed by atoms with E-state index in [1.54, 1.807) is 13.8 Å². The first kappa shape index (κ1) is 15.9. The maximum Gasteiger partial charge on any atom is 0.307 e. The molecule has 0 aliphatic heterocycles. The van der Waals surface area contributed by atoms with Gasteiger partial charge in [0, 0.05) is 19.0 Å². The molecule has 1 amide bonds. The van der Waals surface area contributed by atoms with E-state index in [2.05, 4.69) is 24.1 Å². The number of carbonyl (C=O) groups excluding carboxylic acids is 1. The number of rotatable bonds is 8. The maximum atomic E-state index is 11.7. The molecular weight excluding hydrogens is 220 g/mol. The summed E-state index contributed by atoms with van der Waals surface area (Å²) >= 11 is 0. The zero-order valence-electron chi connectivity index (χ0n) is 11.2. The number of hydrogen-bond acceptors (Lipinski definition) is 3. The summed E-state index contributed by atoms with van der Waals surface area (Å²) in [6.07, 6.45) is 0. The van der Waals surface area contributed by atoms with Gasteiger partial charge >= 0.3 is 5.97 Å². The molecule has 0 aromatic rings. The third-order valence-corrected chi connectivity index (χ3v) is 3.17. The quantitative estimate of drug-likeness (QED) is 0.662. The minimum Gasteiger partial charge on any atom is -0.481 e. The number of nitrogens with zero attached hydrogens (tertiary/aromatic N) is 1. The van der Waals surface area contributed by atoms with Crippen LogP contribution in [0.1, 0.15) is 27.7 Å². The largest absolute Gasteiger partial charge is 0.481 e. The van der Waals surface area contributed by atoms with Crippen LogP contribution in [-0.2, 0) is 9.59 Å². The van der Waals surface area contributed by atoms with Crippen LogP contribution in [0.4, 0.5) is 0 Å². The van der Waals surface area contributed by atoms with E-state index in [1.807, 2.05) is 0 Å². The summed E-state index contributed by atoms with van der Waals surface area (Å²) in [5, 5.41) is 11.6. The zero-order chi connectivity index (χ0) is 13.4. The molecule has 0 heterocycles. The van der Waals surface area contributed by atoms with Gasteiger partial charge < -0.3 is 15.3 Å². The van der Waals surface area contributed by atoms with Crippen LogP contribution in [0.25, 0.3) is 0 Å². The van der Waals surface area contributed by atoms with Crippen LogP contribution in [0, 0.1) is 11.8 Å². The van der Waals surface area contributed by atoms with Crippen molar-refractivity contribution in [1.29, 1.82) is 0 Å². The Morgan fingerprint density at radius 2 is 1.71 bits per heavy atom. The third kappa shape index (κ3) is 5.68. The molecule has 0 saturated heterocycles. The van der Waals surface area contributed by atoms with Gasteiger partial charge in [0.15, 0.2) is 0 Å². The molecule has 0 aromatic heterocycles. The highest BCUT2D eigenvalue weighted by Gasteiger charge is 2.25. The van der Waals surface area contributed by atoms with Gasteiger partial charge in [-0.15, -0.1) is 0 Å². The molecule has 0 aliphatic rings. The number of likely N-dealkylation sites (N-methyl/N-ethyl adjacent to an activating group) is 1. The maximum absolute atomic E-state index is 11.7. The average Bonchev–Trinajstić information content (AvgIpc) is 2.32. The first-order valence-electron chi connectivity index (χ1n) is 6.16. The summed E-state index contributed by atoms with van der Waals surface area (Å²) in [5.74, 6) is -2.27. The Kier molecular flexibility index (Phi) is 7.54. The first-order valence-corrected chi connectivity index (χ1v) is 6.16. The van der Waals surface area contributed by atoms with Crippen molar-refractivity contribution in [2.75, 3.05) is 26.2 Å². The fourth-order valence-electron chi connectivity index (χ4n) is 1.48. The summed E-state index contributed by atoms with van der Waals surface area (Å²) in [7, 11) is 0. The molecule has 0 bridgehead atoms. The molecule has 0 aromatic carbocycles. The number of amides is 1. The summed E-state index contributed by atoms with van der Waals surface area (Å²) in [5.41, 5.74) is 0. The van der Waals surface area contributed by atoms with Crippen LogP contribution in [0.2, 0.25) is 0 Å². The molecular formula is C12H24N2O3. The van der Waals surface area contributed by atoms with Gasteiger partial charge in [0.2, 0.25) is 5.91 Å². The lowest BCUT2D eigenvalue weighted by Crippen LogP contribution is -2.39. The van der Waals surface area contributed by atoms with Crippen molar-refractivity contribution in [3.63, 3.8) is 0 Å². The van der Waals surface area contributed by atoms with Crippen molar-refractivity contribution in [3.05, 3.63) is 0 Å². The minimum atomic E-state index is -0.934. The van der Waals surface area contributed by atoms with Crippen molar-refractivity contribution in [1.82, 2.24) is 10.2 Å². The standard InChI is InChI=1S/C12H24N2O3/c1-5-14(6-2)8-7-13-11(15)9(3)10(4)12(16)17/h9-10H,5-8H2,1-4H3,(H,13,15)(H,16,17). The van der Waals surface area contributed by atoms with E-state index in [0.29, 0.717) is 6.54 Å². The molecule has 0 spiro atoms. The van der Waals surface area contributed by atoms with E-state index in [0.717, 1.165) is 19.6 Å². The van der Waals surface area contributed by atoms with Crippen LogP contribution in [0.3, 0.4) is 0 Å². The van der Waals surface area contributed by atoms with Gasteiger partial charge in [0.25, 0.3) is 0 Å². The number of nitrogens with one attached hydrogen (secondary N) is 1. The molecule has 2 atom stereocenters. The fourth-order valence-corrected chi connectivity index (χ4v) is 1.48. The molecule has 5 heteroatoms. The second-order valence-corrected chi connectivity index (χ2v) is 4.23. The van der Waals surface area contributed by atoms with Crippen molar-refractivity contribution in [3.8, 4) is 0 Å². The molecule has 0 saturated carbocycles. The van der Waals surface area contributed by atoms with Crippen LogP contribution in [0.5, 0.6) is 0 Å². The normalized spacial score (nSPS) is 14.4. The van der Waals surface area contributed by atoms with Crippen molar-refractivity contribution in [2.24, 2.45) is 11.8 Å². The monoisotopic (exact) mass is 244 g/mol. The summed E-state index contributed by atoms with van der Waals surface area (Å²) in [6.45, 7) is 10.6. The molecule has 5 nitrogen and oxygen atoms in total.